The molecule has 0 aromatic carbocycles. The fraction of sp³-hybridized carbons (Fsp3) is 0.438. The van der Waals surface area contributed by atoms with E-state index in [0.717, 1.165) is 12.1 Å². The summed E-state index contributed by atoms with van der Waals surface area (Å²) in [4.78, 5) is 4.68. The molecule has 19 heavy (non-hydrogen) atoms. The zero-order valence-electron chi connectivity index (χ0n) is 11.5. The number of methoxy groups -OCH3 is 1. The Balaban J connectivity index is 1.95. The minimum atomic E-state index is -0.296. The molecule has 1 aromatic rings. The first-order valence-electron chi connectivity index (χ1n) is 6.78. The molecule has 0 aliphatic heterocycles. The minimum absolute atomic E-state index is 0.00278. The molecule has 3 aliphatic rings. The molecule has 2 N–H and O–H groups in total. The van der Waals surface area contributed by atoms with Crippen LogP contribution in [-0.2, 0) is 11.0 Å². The van der Waals surface area contributed by atoms with E-state index in [9.17, 15) is 0 Å². The molecule has 0 amide bonds. The Kier molecular flexibility index (Phi) is 1.83. The second-order valence-corrected chi connectivity index (χ2v) is 5.94. The molecule has 0 bridgehead atoms. The number of aromatic nitrogens is 1. The predicted octanol–water partition coefficient (Wildman–Crippen LogP) is 2.42. The van der Waals surface area contributed by atoms with Crippen molar-refractivity contribution in [1.82, 2.24) is 4.98 Å². The van der Waals surface area contributed by atoms with Crippen LogP contribution in [0.2, 0.25) is 0 Å². The number of rotatable bonds is 1. The van der Waals surface area contributed by atoms with Gasteiger partial charge in [-0.25, -0.2) is 4.98 Å². The molecule has 1 spiro atoms. The van der Waals surface area contributed by atoms with Crippen LogP contribution in [0.1, 0.15) is 31.5 Å². The smallest absolute Gasteiger partial charge is 0.213 e. The molecule has 0 radical (unpaired) electrons. The zero-order chi connectivity index (χ0) is 13.4. The third-order valence-electron chi connectivity index (χ3n) is 5.27. The number of ether oxygens (including phenoxy) is 1. The molecule has 3 heteroatoms. The van der Waals surface area contributed by atoms with Crippen LogP contribution in [0.15, 0.2) is 35.4 Å². The second kappa shape index (κ2) is 3.10. The van der Waals surface area contributed by atoms with Gasteiger partial charge in [-0.3, -0.25) is 0 Å². The maximum absolute atomic E-state index is 6.77. The first kappa shape index (κ1) is 11.2. The Hall–Kier alpha value is -1.61. The molecule has 0 saturated heterocycles. The maximum atomic E-state index is 6.77. The van der Waals surface area contributed by atoms with E-state index in [1.54, 1.807) is 7.11 Å². The van der Waals surface area contributed by atoms with E-state index in [1.165, 1.54) is 16.7 Å². The van der Waals surface area contributed by atoms with Gasteiger partial charge in [0, 0.05) is 12.0 Å². The highest BCUT2D eigenvalue weighted by molar-refractivity contribution is 5.70. The standard InChI is InChI=1S/C16H18N2O/c1-4-10-12-7-9(2)8-15(12)14-11(16(10,15)17)5-6-13(18-14)19-3/h4-7,12H,8,17H2,1-3H3/b10-4+/t12?,15?,16-/m1/s1. The summed E-state index contributed by atoms with van der Waals surface area (Å²) < 4.78 is 5.27. The first-order valence-corrected chi connectivity index (χ1v) is 6.78. The van der Waals surface area contributed by atoms with Crippen molar-refractivity contribution in [3.8, 4) is 5.88 Å². The highest BCUT2D eigenvalue weighted by Crippen LogP contribution is 2.75. The van der Waals surface area contributed by atoms with Gasteiger partial charge in [-0.1, -0.05) is 17.7 Å². The minimum Gasteiger partial charge on any atom is -0.481 e. The fourth-order valence-electron chi connectivity index (χ4n) is 4.57. The zero-order valence-corrected chi connectivity index (χ0v) is 11.5. The van der Waals surface area contributed by atoms with Crippen LogP contribution in [0.25, 0.3) is 0 Å². The summed E-state index contributed by atoms with van der Waals surface area (Å²) in [6, 6.07) is 4.00. The highest BCUT2D eigenvalue weighted by atomic mass is 16.5. The van der Waals surface area contributed by atoms with Gasteiger partial charge in [-0.05, 0) is 37.5 Å². The van der Waals surface area contributed by atoms with Crippen LogP contribution in [0.5, 0.6) is 5.88 Å². The third kappa shape index (κ3) is 0.901. The quantitative estimate of drug-likeness (QED) is 0.783. The number of pyridine rings is 1. The van der Waals surface area contributed by atoms with Crippen molar-refractivity contribution in [2.24, 2.45) is 11.7 Å². The molecule has 3 atom stereocenters. The van der Waals surface area contributed by atoms with Gasteiger partial charge in [-0.15, -0.1) is 0 Å². The molecule has 1 fully saturated rings. The molecule has 1 aromatic heterocycles. The topological polar surface area (TPSA) is 48.1 Å². The average Bonchev–Trinajstić information content (AvgIpc) is 2.76. The molecule has 1 saturated carbocycles. The molecular weight excluding hydrogens is 236 g/mol. The van der Waals surface area contributed by atoms with E-state index in [-0.39, 0.29) is 11.0 Å². The lowest BCUT2D eigenvalue weighted by Gasteiger charge is -2.69. The second-order valence-electron chi connectivity index (χ2n) is 5.94. The molecule has 98 valence electrons. The fourth-order valence-corrected chi connectivity index (χ4v) is 4.57. The lowest BCUT2D eigenvalue weighted by atomic mass is 9.35. The Morgan fingerprint density at radius 3 is 2.95 bits per heavy atom. The van der Waals surface area contributed by atoms with Crippen LogP contribution >= 0.6 is 0 Å². The molecule has 3 aliphatic carbocycles. The summed E-state index contributed by atoms with van der Waals surface area (Å²) in [5, 5.41) is 0. The van der Waals surface area contributed by atoms with Crippen molar-refractivity contribution in [3.05, 3.63) is 46.7 Å². The molecule has 1 heterocycles. The SMILES string of the molecule is C/C=C1\C2C=C(C)CC23c2nc(OC)ccc2[C@]13N. The van der Waals surface area contributed by atoms with Gasteiger partial charge in [0.2, 0.25) is 5.88 Å². The van der Waals surface area contributed by atoms with Crippen molar-refractivity contribution in [1.29, 1.82) is 0 Å². The third-order valence-corrected chi connectivity index (χ3v) is 5.27. The number of hydrogen-bond acceptors (Lipinski definition) is 3. The molecule has 3 nitrogen and oxygen atoms in total. The van der Waals surface area contributed by atoms with E-state index >= 15 is 0 Å². The first-order chi connectivity index (χ1) is 9.09. The summed E-state index contributed by atoms with van der Waals surface area (Å²) in [6.07, 6.45) is 5.58. The summed E-state index contributed by atoms with van der Waals surface area (Å²) in [7, 11) is 1.66. The molecule has 2 unspecified atom stereocenters. The number of nitrogens with two attached hydrogens (primary N) is 1. The Labute approximate surface area is 113 Å². The van der Waals surface area contributed by atoms with E-state index < -0.39 is 0 Å². The predicted molar refractivity (Wildman–Crippen MR) is 74.0 cm³/mol. The van der Waals surface area contributed by atoms with Gasteiger partial charge < -0.3 is 10.5 Å². The summed E-state index contributed by atoms with van der Waals surface area (Å²) in [5.41, 5.74) is 11.6. The van der Waals surface area contributed by atoms with Gasteiger partial charge >= 0.3 is 0 Å². The van der Waals surface area contributed by atoms with Crippen LogP contribution in [0.4, 0.5) is 0 Å². The van der Waals surface area contributed by atoms with Crippen molar-refractivity contribution in [2.75, 3.05) is 7.11 Å². The van der Waals surface area contributed by atoms with E-state index in [0.29, 0.717) is 11.8 Å². The van der Waals surface area contributed by atoms with Crippen molar-refractivity contribution in [2.45, 2.75) is 31.2 Å². The summed E-state index contributed by atoms with van der Waals surface area (Å²) in [6.45, 7) is 4.28. The van der Waals surface area contributed by atoms with Gasteiger partial charge in [0.15, 0.2) is 0 Å². The van der Waals surface area contributed by atoms with Gasteiger partial charge in [0.05, 0.1) is 23.8 Å². The lowest BCUT2D eigenvalue weighted by Crippen LogP contribution is -2.76. The number of fused-ring (bicyclic) bond motifs is 2. The van der Waals surface area contributed by atoms with E-state index in [2.05, 4.69) is 37.0 Å². The Bertz CT molecular complexity index is 661. The van der Waals surface area contributed by atoms with E-state index in [4.69, 9.17) is 10.5 Å². The van der Waals surface area contributed by atoms with Crippen LogP contribution in [0.3, 0.4) is 0 Å². The normalized spacial score (nSPS) is 39.7. The molecule has 4 rings (SSSR count). The van der Waals surface area contributed by atoms with Crippen molar-refractivity contribution in [3.63, 3.8) is 0 Å². The maximum Gasteiger partial charge on any atom is 0.213 e. The lowest BCUT2D eigenvalue weighted by molar-refractivity contribution is 0.0658. The summed E-state index contributed by atoms with van der Waals surface area (Å²) >= 11 is 0. The van der Waals surface area contributed by atoms with Gasteiger partial charge in [-0.2, -0.15) is 0 Å². The number of allylic oxidation sites excluding steroid dienone is 3. The van der Waals surface area contributed by atoms with Crippen molar-refractivity contribution >= 4 is 0 Å². The van der Waals surface area contributed by atoms with Crippen molar-refractivity contribution < 1.29 is 4.74 Å². The largest absolute Gasteiger partial charge is 0.481 e. The van der Waals surface area contributed by atoms with Crippen LogP contribution in [0, 0.1) is 5.92 Å². The van der Waals surface area contributed by atoms with Crippen LogP contribution < -0.4 is 10.5 Å². The van der Waals surface area contributed by atoms with Gasteiger partial charge in [0.1, 0.15) is 0 Å². The monoisotopic (exact) mass is 254 g/mol. The number of hydrogen-bond donors (Lipinski definition) is 1. The average molecular weight is 254 g/mol. The van der Waals surface area contributed by atoms with Gasteiger partial charge in [0.25, 0.3) is 0 Å². The Morgan fingerprint density at radius 1 is 1.47 bits per heavy atom. The summed E-state index contributed by atoms with van der Waals surface area (Å²) in [5.74, 6) is 1.13. The van der Waals surface area contributed by atoms with Crippen LogP contribution in [-0.4, -0.2) is 12.1 Å². The highest BCUT2D eigenvalue weighted by Gasteiger charge is 2.77. The Morgan fingerprint density at radius 2 is 2.26 bits per heavy atom. The molecular formula is C16H18N2O. The van der Waals surface area contributed by atoms with E-state index in [1.807, 2.05) is 6.07 Å². The number of nitrogens with zero attached hydrogens (tertiary/aromatic N) is 1.